The largest absolute Gasteiger partial charge is 0.497 e. The van der Waals surface area contributed by atoms with Gasteiger partial charge in [0.2, 0.25) is 0 Å². The Morgan fingerprint density at radius 3 is 1.90 bits per heavy atom. The maximum Gasteiger partial charge on any atom is 0.178 e. The second-order valence-corrected chi connectivity index (χ2v) is 19.2. The first-order chi connectivity index (χ1) is 29.9. The minimum Gasteiger partial charge on any atom is -0.497 e. The monoisotopic (exact) mass is 827 g/mol. The molecule has 62 heavy (non-hydrogen) atoms. The Labute approximate surface area is 366 Å². The van der Waals surface area contributed by atoms with Crippen LogP contribution in [0.5, 0.6) is 28.7 Å². The molecule has 0 bridgehead atoms. The number of anilines is 1. The third-order valence-corrected chi connectivity index (χ3v) is 14.0. The zero-order valence-corrected chi connectivity index (χ0v) is 37.3. The Morgan fingerprint density at radius 2 is 1.24 bits per heavy atom. The van der Waals surface area contributed by atoms with Gasteiger partial charge in [-0.1, -0.05) is 88.4 Å². The second-order valence-electron chi connectivity index (χ2n) is 19.2. The van der Waals surface area contributed by atoms with Crippen molar-refractivity contribution in [1.29, 1.82) is 0 Å². The average Bonchev–Trinajstić information content (AvgIpc) is 3.55. The van der Waals surface area contributed by atoms with Gasteiger partial charge in [-0.2, -0.15) is 0 Å². The maximum atomic E-state index is 7.95. The summed E-state index contributed by atoms with van der Waals surface area (Å²) >= 11 is 0. The van der Waals surface area contributed by atoms with Crippen LogP contribution in [-0.4, -0.2) is 54.7 Å². The zero-order chi connectivity index (χ0) is 43.0. The van der Waals surface area contributed by atoms with Gasteiger partial charge in [0.1, 0.15) is 28.7 Å². The summed E-state index contributed by atoms with van der Waals surface area (Å²) in [5.74, 6) is 4.05. The van der Waals surface area contributed by atoms with Gasteiger partial charge in [0.05, 0.1) is 47.3 Å². The lowest BCUT2D eigenvalue weighted by atomic mass is 9.52. The molecule has 2 heterocycles. The number of methoxy groups -OCH3 is 4. The van der Waals surface area contributed by atoms with Gasteiger partial charge in [0, 0.05) is 46.1 Å². The van der Waals surface area contributed by atoms with Gasteiger partial charge in [-0.25, -0.2) is 0 Å². The summed E-state index contributed by atoms with van der Waals surface area (Å²) in [7, 11) is 6.91. The summed E-state index contributed by atoms with van der Waals surface area (Å²) in [4.78, 5) is 2.36. The molecule has 6 aromatic rings. The number of fused-ring (bicyclic) bond motifs is 10. The number of benzene rings is 6. The van der Waals surface area contributed by atoms with Crippen molar-refractivity contribution in [3.8, 4) is 51.0 Å². The minimum atomic E-state index is -1.01. The first-order valence-electron chi connectivity index (χ1n) is 21.9. The van der Waals surface area contributed by atoms with Crippen LogP contribution in [0, 0.1) is 10.8 Å². The van der Waals surface area contributed by atoms with Crippen LogP contribution in [0.4, 0.5) is 5.69 Å². The SMILES string of the molecule is COc1ccc(-c2cc3c4c(c5c(c3cc2OC)OC(c2ccc(OC)cc2)(c2ccc(OC)c(N3CCOCC3)c2)C=C5)C2(CC(C)(C)CC(C)(C)C2)c2ccccc2-4)cc1. The quantitative estimate of drug-likeness (QED) is 0.151. The van der Waals surface area contributed by atoms with Crippen LogP contribution in [0.2, 0.25) is 0 Å². The van der Waals surface area contributed by atoms with Gasteiger partial charge in [-0.05, 0) is 118 Å². The number of ether oxygens (including phenoxy) is 6. The molecule has 0 N–H and O–H groups in total. The van der Waals surface area contributed by atoms with Gasteiger partial charge in [-0.3, -0.25) is 0 Å². The Balaban J connectivity index is 1.30. The first-order valence-corrected chi connectivity index (χ1v) is 21.9. The Morgan fingerprint density at radius 1 is 0.597 bits per heavy atom. The van der Waals surface area contributed by atoms with Gasteiger partial charge >= 0.3 is 0 Å². The fraction of sp³-hybridized carbons (Fsp3) is 0.345. The smallest absolute Gasteiger partial charge is 0.178 e. The molecule has 0 radical (unpaired) electrons. The fourth-order valence-corrected chi connectivity index (χ4v) is 12.1. The van der Waals surface area contributed by atoms with E-state index in [-0.39, 0.29) is 16.2 Å². The van der Waals surface area contributed by atoms with Crippen molar-refractivity contribution in [1.82, 2.24) is 0 Å². The standard InChI is InChI=1S/C55H57NO6/c1-52(2)32-53(3,4)34-54(33-52)45-12-10-9-11-40(45)49-43-30-42(35-13-18-38(57-5)19-14-35)48(60-8)31-44(43)51-41(50(49)54)23-24-55(62-51,36-15-20-39(58-6)21-16-36)37-17-22-47(59-7)46(29-37)56-25-27-61-28-26-56/h9-24,29-31H,25-28,32-34H2,1-8H3. The Kier molecular flexibility index (Phi) is 9.63. The van der Waals surface area contributed by atoms with Gasteiger partial charge in [-0.15, -0.1) is 0 Å². The summed E-state index contributed by atoms with van der Waals surface area (Å²) in [6.07, 6.45) is 7.90. The summed E-state index contributed by atoms with van der Waals surface area (Å²) in [6.45, 7) is 12.7. The Bertz CT molecular complexity index is 2710. The molecule has 6 aromatic carbocycles. The van der Waals surface area contributed by atoms with Crippen molar-refractivity contribution in [3.05, 3.63) is 137 Å². The molecular formula is C55H57NO6. The third-order valence-electron chi connectivity index (χ3n) is 14.0. The second kappa shape index (κ2) is 14.9. The van der Waals surface area contributed by atoms with E-state index >= 15 is 0 Å². The highest BCUT2D eigenvalue weighted by Gasteiger charge is 2.55. The van der Waals surface area contributed by atoms with Crippen LogP contribution in [0.25, 0.3) is 39.1 Å². The fourth-order valence-electron chi connectivity index (χ4n) is 12.1. The first kappa shape index (κ1) is 40.2. The van der Waals surface area contributed by atoms with Crippen LogP contribution in [0.15, 0.2) is 109 Å². The number of hydrogen-bond donors (Lipinski definition) is 0. The molecule has 1 unspecified atom stereocenters. The van der Waals surface area contributed by atoms with Gasteiger partial charge < -0.3 is 33.3 Å². The highest BCUT2D eigenvalue weighted by atomic mass is 16.5. The topological polar surface area (TPSA) is 58.6 Å². The van der Waals surface area contributed by atoms with E-state index < -0.39 is 5.60 Å². The number of morpholine rings is 1. The summed E-state index contributed by atoms with van der Waals surface area (Å²) in [5, 5.41) is 2.16. The molecule has 1 saturated heterocycles. The van der Waals surface area contributed by atoms with E-state index in [1.165, 1.54) is 22.3 Å². The molecule has 4 aliphatic rings. The van der Waals surface area contributed by atoms with E-state index in [0.717, 1.165) is 105 Å². The molecular weight excluding hydrogens is 771 g/mol. The van der Waals surface area contributed by atoms with E-state index in [9.17, 15) is 0 Å². The summed E-state index contributed by atoms with van der Waals surface area (Å²) in [5.41, 5.74) is 10.6. The molecule has 1 spiro atoms. The van der Waals surface area contributed by atoms with E-state index in [0.29, 0.717) is 13.2 Å². The van der Waals surface area contributed by atoms with E-state index in [2.05, 4.69) is 124 Å². The molecule has 2 fully saturated rings. The lowest BCUT2D eigenvalue weighted by Crippen LogP contribution is -2.44. The van der Waals surface area contributed by atoms with E-state index in [1.807, 2.05) is 24.3 Å². The number of rotatable bonds is 8. The minimum absolute atomic E-state index is 0.0948. The van der Waals surface area contributed by atoms with Crippen molar-refractivity contribution in [2.24, 2.45) is 10.8 Å². The molecule has 7 heteroatoms. The number of hydrogen-bond acceptors (Lipinski definition) is 7. The lowest BCUT2D eigenvalue weighted by Gasteiger charge is -2.52. The van der Waals surface area contributed by atoms with Crippen molar-refractivity contribution >= 4 is 22.5 Å². The molecule has 10 rings (SSSR count). The molecule has 318 valence electrons. The summed E-state index contributed by atoms with van der Waals surface area (Å²) in [6, 6.07) is 36.8. The number of nitrogens with zero attached hydrogens (tertiary/aromatic N) is 1. The predicted molar refractivity (Wildman–Crippen MR) is 250 cm³/mol. The van der Waals surface area contributed by atoms with E-state index in [1.54, 1.807) is 28.4 Å². The van der Waals surface area contributed by atoms with Gasteiger partial charge in [0.25, 0.3) is 0 Å². The van der Waals surface area contributed by atoms with Crippen LogP contribution in [0.1, 0.15) is 74.8 Å². The molecule has 1 saturated carbocycles. The van der Waals surface area contributed by atoms with Gasteiger partial charge in [0.15, 0.2) is 5.60 Å². The molecule has 2 aliphatic carbocycles. The normalized spacial score (nSPS) is 20.2. The van der Waals surface area contributed by atoms with Crippen molar-refractivity contribution in [3.63, 3.8) is 0 Å². The molecule has 1 atom stereocenters. The summed E-state index contributed by atoms with van der Waals surface area (Å²) < 4.78 is 37.3. The van der Waals surface area contributed by atoms with Crippen molar-refractivity contribution in [2.75, 3.05) is 59.6 Å². The average molecular weight is 828 g/mol. The Hall–Kier alpha value is -5.92. The van der Waals surface area contributed by atoms with Crippen molar-refractivity contribution < 1.29 is 28.4 Å². The van der Waals surface area contributed by atoms with Crippen LogP contribution in [-0.2, 0) is 15.8 Å². The maximum absolute atomic E-state index is 7.95. The zero-order valence-electron chi connectivity index (χ0n) is 37.3. The van der Waals surface area contributed by atoms with Crippen LogP contribution < -0.4 is 28.6 Å². The highest BCUT2D eigenvalue weighted by molar-refractivity contribution is 6.10. The van der Waals surface area contributed by atoms with Crippen molar-refractivity contribution in [2.45, 2.75) is 58.0 Å². The predicted octanol–water partition coefficient (Wildman–Crippen LogP) is 12.2. The van der Waals surface area contributed by atoms with E-state index in [4.69, 9.17) is 28.4 Å². The molecule has 2 aliphatic heterocycles. The highest BCUT2D eigenvalue weighted by Crippen LogP contribution is 2.67. The third kappa shape index (κ3) is 6.34. The molecule has 0 amide bonds. The molecule has 0 aromatic heterocycles. The molecule has 7 nitrogen and oxygen atoms in total. The van der Waals surface area contributed by atoms with Crippen LogP contribution >= 0.6 is 0 Å². The van der Waals surface area contributed by atoms with Crippen LogP contribution in [0.3, 0.4) is 0 Å². The lowest BCUT2D eigenvalue weighted by molar-refractivity contribution is 0.0642.